The van der Waals surface area contributed by atoms with Crippen LogP contribution in [0.4, 0.5) is 0 Å². The molecule has 1 aliphatic rings. The number of rotatable bonds is 10. The molecule has 4 rings (SSSR count). The number of aryl methyl sites for hydroxylation is 1. The molecule has 0 spiro atoms. The van der Waals surface area contributed by atoms with Crippen molar-refractivity contribution in [1.82, 2.24) is 0 Å². The third-order valence-corrected chi connectivity index (χ3v) is 8.31. The number of carbonyl (C=O) groups is 4. The molecule has 234 valence electrons. The lowest BCUT2D eigenvalue weighted by atomic mass is 9.85. The summed E-state index contributed by atoms with van der Waals surface area (Å²) in [6.45, 7) is 6.38. The molecule has 10 nitrogen and oxygen atoms in total. The lowest BCUT2D eigenvalue weighted by molar-refractivity contribution is -0.367. The zero-order valence-corrected chi connectivity index (χ0v) is 26.3. The zero-order chi connectivity index (χ0) is 32.0. The SMILES string of the molecule is COC1(c2ccc(C)c(Cc3ccc(-c4ccccc4)s3)c2)OC(COC(C)=O)C(OC(C)=O)C(OC(C)=O)C1OC(C)=O. The Kier molecular flexibility index (Phi) is 10.6. The lowest BCUT2D eigenvalue weighted by Gasteiger charge is -2.50. The van der Waals surface area contributed by atoms with Crippen LogP contribution < -0.4 is 0 Å². The third-order valence-electron chi connectivity index (χ3n) is 7.18. The van der Waals surface area contributed by atoms with Crippen molar-refractivity contribution in [2.24, 2.45) is 0 Å². The fourth-order valence-corrected chi connectivity index (χ4v) is 6.31. The summed E-state index contributed by atoms with van der Waals surface area (Å²) in [5.41, 5.74) is 3.54. The Morgan fingerprint density at radius 3 is 2.09 bits per heavy atom. The maximum Gasteiger partial charge on any atom is 0.303 e. The highest BCUT2D eigenvalue weighted by atomic mass is 32.1. The number of benzene rings is 2. The number of thiophene rings is 1. The number of hydrogen-bond acceptors (Lipinski definition) is 11. The summed E-state index contributed by atoms with van der Waals surface area (Å²) in [6.07, 6.45) is -4.64. The predicted octanol–water partition coefficient (Wildman–Crippen LogP) is 4.87. The van der Waals surface area contributed by atoms with Crippen LogP contribution in [0.1, 0.15) is 49.3 Å². The van der Waals surface area contributed by atoms with E-state index in [2.05, 4.69) is 24.3 Å². The molecule has 2 aromatic carbocycles. The molecular formula is C33H36O10S. The van der Waals surface area contributed by atoms with Gasteiger partial charge in [0.25, 0.3) is 0 Å². The molecule has 44 heavy (non-hydrogen) atoms. The van der Waals surface area contributed by atoms with Gasteiger partial charge in [-0.1, -0.05) is 42.5 Å². The second-order valence-electron chi connectivity index (χ2n) is 10.5. The third kappa shape index (κ3) is 7.53. The first-order chi connectivity index (χ1) is 20.9. The molecule has 2 heterocycles. The van der Waals surface area contributed by atoms with Gasteiger partial charge in [0.05, 0.1) is 0 Å². The highest BCUT2D eigenvalue weighted by Gasteiger charge is 2.61. The predicted molar refractivity (Wildman–Crippen MR) is 161 cm³/mol. The van der Waals surface area contributed by atoms with E-state index < -0.39 is 54.1 Å². The molecule has 0 saturated carbocycles. The molecule has 0 radical (unpaired) electrons. The van der Waals surface area contributed by atoms with Crippen molar-refractivity contribution < 1.29 is 47.6 Å². The summed E-state index contributed by atoms with van der Waals surface area (Å²) in [6, 6.07) is 19.8. The fraction of sp³-hybridized carbons (Fsp3) is 0.394. The average Bonchev–Trinajstić information content (AvgIpc) is 3.44. The molecule has 1 fully saturated rings. The van der Waals surface area contributed by atoms with Gasteiger partial charge in [-0.25, -0.2) is 0 Å². The van der Waals surface area contributed by atoms with Crippen molar-refractivity contribution in [1.29, 1.82) is 0 Å². The molecule has 1 saturated heterocycles. The van der Waals surface area contributed by atoms with Gasteiger partial charge < -0.3 is 28.4 Å². The van der Waals surface area contributed by atoms with Gasteiger partial charge in [0.1, 0.15) is 12.7 Å². The van der Waals surface area contributed by atoms with Gasteiger partial charge in [0.2, 0.25) is 11.9 Å². The number of hydrogen-bond donors (Lipinski definition) is 0. The van der Waals surface area contributed by atoms with E-state index in [0.717, 1.165) is 26.4 Å². The number of carbonyl (C=O) groups excluding carboxylic acids is 4. The van der Waals surface area contributed by atoms with Gasteiger partial charge in [0.15, 0.2) is 12.2 Å². The highest BCUT2D eigenvalue weighted by Crippen LogP contribution is 2.44. The summed E-state index contributed by atoms with van der Waals surface area (Å²) in [7, 11) is 1.36. The van der Waals surface area contributed by atoms with Crippen LogP contribution in [0.15, 0.2) is 60.7 Å². The van der Waals surface area contributed by atoms with E-state index in [4.69, 9.17) is 28.4 Å². The topological polar surface area (TPSA) is 124 Å². The van der Waals surface area contributed by atoms with Crippen molar-refractivity contribution in [3.63, 3.8) is 0 Å². The van der Waals surface area contributed by atoms with E-state index in [0.29, 0.717) is 12.0 Å². The van der Waals surface area contributed by atoms with Gasteiger partial charge in [-0.3, -0.25) is 19.2 Å². The van der Waals surface area contributed by atoms with E-state index >= 15 is 0 Å². The number of ether oxygens (including phenoxy) is 6. The van der Waals surface area contributed by atoms with Crippen LogP contribution >= 0.6 is 11.3 Å². The fourth-order valence-electron chi connectivity index (χ4n) is 5.28. The van der Waals surface area contributed by atoms with Gasteiger partial charge >= 0.3 is 23.9 Å². The largest absolute Gasteiger partial charge is 0.463 e. The van der Waals surface area contributed by atoms with Gasteiger partial charge in [-0.2, -0.15) is 0 Å². The van der Waals surface area contributed by atoms with Crippen LogP contribution in [-0.2, 0) is 59.8 Å². The van der Waals surface area contributed by atoms with E-state index in [1.807, 2.05) is 37.3 Å². The van der Waals surface area contributed by atoms with Gasteiger partial charge in [-0.15, -0.1) is 11.3 Å². The average molecular weight is 625 g/mol. The molecule has 5 unspecified atom stereocenters. The Balaban J connectivity index is 1.80. The smallest absolute Gasteiger partial charge is 0.303 e. The highest BCUT2D eigenvalue weighted by molar-refractivity contribution is 7.15. The number of esters is 4. The Labute approximate surface area is 260 Å². The second kappa shape index (κ2) is 14.1. The molecule has 3 aromatic rings. The molecule has 1 aromatic heterocycles. The Hall–Kier alpha value is -4.06. The van der Waals surface area contributed by atoms with Crippen LogP contribution in [-0.4, -0.2) is 62.0 Å². The molecular weight excluding hydrogens is 588 g/mol. The summed E-state index contributed by atoms with van der Waals surface area (Å²) in [5.74, 6) is -4.60. The molecule has 0 aliphatic carbocycles. The molecule has 0 N–H and O–H groups in total. The summed E-state index contributed by atoms with van der Waals surface area (Å²) < 4.78 is 34.6. The first-order valence-electron chi connectivity index (χ1n) is 14.1. The standard InChI is InChI=1S/C33H36O10S/c1-19-12-13-26(16-25(19)17-27-14-15-29(44-27)24-10-8-7-9-11-24)33(38-6)32(42-23(5)37)31(41-22(4)36)30(40-21(3)35)28(43-33)18-39-20(2)34/h7-16,28,30-32H,17-18H2,1-6H3. The van der Waals surface area contributed by atoms with Gasteiger partial charge in [0, 0.05) is 56.5 Å². The quantitative estimate of drug-likeness (QED) is 0.228. The van der Waals surface area contributed by atoms with Crippen molar-refractivity contribution in [3.05, 3.63) is 82.2 Å². The van der Waals surface area contributed by atoms with Crippen molar-refractivity contribution in [3.8, 4) is 10.4 Å². The van der Waals surface area contributed by atoms with Crippen molar-refractivity contribution in [2.75, 3.05) is 13.7 Å². The Morgan fingerprint density at radius 1 is 0.818 bits per heavy atom. The monoisotopic (exact) mass is 624 g/mol. The molecule has 11 heteroatoms. The summed E-state index contributed by atoms with van der Waals surface area (Å²) in [4.78, 5) is 50.9. The molecule has 5 atom stereocenters. The minimum Gasteiger partial charge on any atom is -0.463 e. The van der Waals surface area contributed by atoms with Crippen LogP contribution in [0.2, 0.25) is 0 Å². The Bertz CT molecular complexity index is 1500. The molecule has 0 amide bonds. The summed E-state index contributed by atoms with van der Waals surface area (Å²) in [5, 5.41) is 0. The minimum atomic E-state index is -1.85. The van der Waals surface area contributed by atoms with Gasteiger partial charge in [-0.05, 0) is 41.8 Å². The maximum atomic E-state index is 12.4. The van der Waals surface area contributed by atoms with E-state index in [1.165, 1.54) is 34.8 Å². The van der Waals surface area contributed by atoms with Crippen LogP contribution in [0.3, 0.4) is 0 Å². The second-order valence-corrected chi connectivity index (χ2v) is 11.6. The van der Waals surface area contributed by atoms with Crippen molar-refractivity contribution >= 4 is 35.2 Å². The zero-order valence-electron chi connectivity index (χ0n) is 25.5. The summed E-state index contributed by atoms with van der Waals surface area (Å²) >= 11 is 1.68. The lowest BCUT2D eigenvalue weighted by Crippen LogP contribution is -2.67. The Morgan fingerprint density at radius 2 is 1.48 bits per heavy atom. The molecule has 0 bridgehead atoms. The van der Waals surface area contributed by atoms with Crippen LogP contribution in [0.25, 0.3) is 10.4 Å². The number of methoxy groups -OCH3 is 1. The van der Waals surface area contributed by atoms with Crippen LogP contribution in [0.5, 0.6) is 0 Å². The maximum absolute atomic E-state index is 12.4. The first kappa shape index (κ1) is 32.8. The minimum absolute atomic E-state index is 0.362. The molecule has 1 aliphatic heterocycles. The first-order valence-corrected chi connectivity index (χ1v) is 14.9. The normalized spacial score (nSPS) is 23.0. The van der Waals surface area contributed by atoms with Crippen molar-refractivity contribution in [2.45, 2.75) is 71.2 Å². The van der Waals surface area contributed by atoms with Crippen LogP contribution in [0, 0.1) is 6.92 Å². The van der Waals surface area contributed by atoms with E-state index in [-0.39, 0.29) is 6.61 Å². The van der Waals surface area contributed by atoms with E-state index in [1.54, 1.807) is 17.4 Å². The van der Waals surface area contributed by atoms with E-state index in [9.17, 15) is 19.2 Å².